The predicted molar refractivity (Wildman–Crippen MR) is 124 cm³/mol. The molecule has 0 aliphatic carbocycles. The van der Waals surface area contributed by atoms with E-state index in [-0.39, 0.29) is 24.3 Å². The molecule has 7 nitrogen and oxygen atoms in total. The summed E-state index contributed by atoms with van der Waals surface area (Å²) in [5, 5.41) is 5.20. The number of aldehydes is 1. The lowest BCUT2D eigenvalue weighted by Gasteiger charge is -2.23. The number of likely N-dealkylation sites (N-methyl/N-ethyl adjacent to an activating group) is 1. The van der Waals surface area contributed by atoms with Crippen LogP contribution in [0.15, 0.2) is 0 Å². The van der Waals surface area contributed by atoms with Crippen LogP contribution in [0.4, 0.5) is 8.78 Å². The number of alkyl halides is 2. The average Bonchev–Trinajstić information content (AvgIpc) is 2.79. The highest BCUT2D eigenvalue weighted by Gasteiger charge is 2.29. The van der Waals surface area contributed by atoms with E-state index < -0.39 is 30.6 Å². The van der Waals surface area contributed by atoms with Crippen LogP contribution in [0.25, 0.3) is 0 Å². The third-order valence-corrected chi connectivity index (χ3v) is 4.96. The zero-order valence-corrected chi connectivity index (χ0v) is 20.9. The van der Waals surface area contributed by atoms with Gasteiger partial charge in [0.15, 0.2) is 0 Å². The van der Waals surface area contributed by atoms with Crippen LogP contribution in [0, 0.1) is 11.8 Å². The normalized spacial score (nSPS) is 13.9. The second-order valence-corrected chi connectivity index (χ2v) is 7.38. The Balaban J connectivity index is -0.000000899. The lowest BCUT2D eigenvalue weighted by Crippen LogP contribution is -2.48. The van der Waals surface area contributed by atoms with Crippen molar-refractivity contribution in [2.75, 3.05) is 7.05 Å². The minimum absolute atomic E-state index is 0.00463. The monoisotopic (exact) mass is 465 g/mol. The molecular weight excluding hydrogens is 420 g/mol. The van der Waals surface area contributed by atoms with Crippen molar-refractivity contribution < 1.29 is 28.0 Å². The first-order valence-corrected chi connectivity index (χ1v) is 11.6. The van der Waals surface area contributed by atoms with E-state index in [1.54, 1.807) is 14.0 Å². The zero-order chi connectivity index (χ0) is 25.7. The first kappa shape index (κ1) is 34.7. The third kappa shape index (κ3) is 17.7. The standard InChI is InChI=1S/C17H30F2N2O3.C4H9NO.C2H6/c1-4-7-11(5-2)10-12(6-3)17(24)21-13(8-9-14(18)19)15(22)16(20)23;1-4(3-6)5-2;1-2/h11-14H,4-10H2,1-3H3,(H2,20,23)(H,21,24);3-5H,1-2H3;1-2H3/t11-,12?,13?;;/m1../s1. The Kier molecular flexibility index (Phi) is 24.2. The van der Waals surface area contributed by atoms with E-state index in [0.29, 0.717) is 18.8 Å². The molecule has 9 heteroatoms. The molecule has 2 amide bonds. The Bertz CT molecular complexity index is 519. The Morgan fingerprint density at radius 3 is 1.88 bits per heavy atom. The lowest BCUT2D eigenvalue weighted by molar-refractivity contribution is -0.139. The van der Waals surface area contributed by atoms with Crippen LogP contribution in [-0.4, -0.2) is 49.4 Å². The van der Waals surface area contributed by atoms with Gasteiger partial charge in [0.2, 0.25) is 18.1 Å². The molecule has 32 heavy (non-hydrogen) atoms. The fourth-order valence-electron chi connectivity index (χ4n) is 2.85. The maximum Gasteiger partial charge on any atom is 0.287 e. The highest BCUT2D eigenvalue weighted by molar-refractivity contribution is 6.37. The van der Waals surface area contributed by atoms with Gasteiger partial charge in [-0.2, -0.15) is 0 Å². The lowest BCUT2D eigenvalue weighted by atomic mass is 9.87. The van der Waals surface area contributed by atoms with Gasteiger partial charge < -0.3 is 21.2 Å². The number of hydrogen-bond donors (Lipinski definition) is 3. The molecule has 3 unspecified atom stereocenters. The van der Waals surface area contributed by atoms with Crippen LogP contribution in [0.1, 0.15) is 86.5 Å². The molecule has 0 saturated carbocycles. The van der Waals surface area contributed by atoms with E-state index in [4.69, 9.17) is 5.73 Å². The van der Waals surface area contributed by atoms with Crippen molar-refractivity contribution in [3.63, 3.8) is 0 Å². The summed E-state index contributed by atoms with van der Waals surface area (Å²) in [6.45, 7) is 11.8. The topological polar surface area (TPSA) is 118 Å². The number of rotatable bonds is 15. The average molecular weight is 466 g/mol. The van der Waals surface area contributed by atoms with Gasteiger partial charge in [-0.3, -0.25) is 14.4 Å². The number of ketones is 1. The fourth-order valence-corrected chi connectivity index (χ4v) is 2.85. The molecule has 4 N–H and O–H groups in total. The molecule has 0 aliphatic rings. The van der Waals surface area contributed by atoms with E-state index in [2.05, 4.69) is 24.5 Å². The summed E-state index contributed by atoms with van der Waals surface area (Å²) >= 11 is 0. The van der Waals surface area contributed by atoms with E-state index in [9.17, 15) is 28.0 Å². The minimum atomic E-state index is -2.61. The van der Waals surface area contributed by atoms with Crippen molar-refractivity contribution in [1.82, 2.24) is 10.6 Å². The van der Waals surface area contributed by atoms with E-state index in [1.165, 1.54) is 0 Å². The molecule has 4 atom stereocenters. The summed E-state index contributed by atoms with van der Waals surface area (Å²) in [6.07, 6.45) is 1.62. The van der Waals surface area contributed by atoms with E-state index >= 15 is 0 Å². The zero-order valence-electron chi connectivity index (χ0n) is 20.9. The summed E-state index contributed by atoms with van der Waals surface area (Å²) in [4.78, 5) is 44.9. The molecule has 0 aromatic carbocycles. The van der Waals surface area contributed by atoms with Gasteiger partial charge in [-0.1, -0.05) is 53.9 Å². The highest BCUT2D eigenvalue weighted by atomic mass is 19.3. The number of carbonyl (C=O) groups is 4. The Morgan fingerprint density at radius 1 is 1.00 bits per heavy atom. The first-order valence-electron chi connectivity index (χ1n) is 11.6. The van der Waals surface area contributed by atoms with Gasteiger partial charge in [-0.25, -0.2) is 8.78 Å². The van der Waals surface area contributed by atoms with Crippen LogP contribution in [0.5, 0.6) is 0 Å². The SMILES string of the molecule is CC.CCC[C@@H](CC)CC(CC)C(=O)NC(CCC(F)F)C(=O)C(N)=O.CNC(C)C=O. The first-order chi connectivity index (χ1) is 15.1. The molecule has 190 valence electrons. The van der Waals surface area contributed by atoms with Crippen LogP contribution in [-0.2, 0) is 19.2 Å². The molecular formula is C23H45F2N3O4. The number of carbonyl (C=O) groups excluding carboxylic acids is 4. The van der Waals surface area contributed by atoms with Crippen molar-refractivity contribution in [3.05, 3.63) is 0 Å². The van der Waals surface area contributed by atoms with Crippen LogP contribution in [0.2, 0.25) is 0 Å². The maximum atomic E-state index is 12.4. The highest BCUT2D eigenvalue weighted by Crippen LogP contribution is 2.23. The van der Waals surface area contributed by atoms with Crippen molar-refractivity contribution >= 4 is 23.9 Å². The summed E-state index contributed by atoms with van der Waals surface area (Å²) in [5.74, 6) is -2.53. The summed E-state index contributed by atoms with van der Waals surface area (Å²) in [5.41, 5.74) is 4.94. The van der Waals surface area contributed by atoms with Crippen molar-refractivity contribution in [2.24, 2.45) is 17.6 Å². The fraction of sp³-hybridized carbons (Fsp3) is 0.826. The Morgan fingerprint density at radius 2 is 1.56 bits per heavy atom. The number of hydrogen-bond acceptors (Lipinski definition) is 5. The van der Waals surface area contributed by atoms with Crippen molar-refractivity contribution in [1.29, 1.82) is 0 Å². The molecule has 0 fully saturated rings. The van der Waals surface area contributed by atoms with Crippen LogP contribution in [0.3, 0.4) is 0 Å². The van der Waals surface area contributed by atoms with Gasteiger partial charge in [-0.15, -0.1) is 0 Å². The number of primary amides is 1. The smallest absolute Gasteiger partial charge is 0.287 e. The largest absolute Gasteiger partial charge is 0.363 e. The molecule has 0 radical (unpaired) electrons. The van der Waals surface area contributed by atoms with Crippen LogP contribution >= 0.6 is 0 Å². The molecule has 0 saturated heterocycles. The second-order valence-electron chi connectivity index (χ2n) is 7.38. The van der Waals surface area contributed by atoms with Crippen LogP contribution < -0.4 is 16.4 Å². The quantitative estimate of drug-likeness (QED) is 0.252. The summed E-state index contributed by atoms with van der Waals surface area (Å²) in [6, 6.07) is -1.27. The molecule has 0 bridgehead atoms. The van der Waals surface area contributed by atoms with Gasteiger partial charge in [0.05, 0.1) is 12.1 Å². The van der Waals surface area contributed by atoms with E-state index in [0.717, 1.165) is 25.5 Å². The molecule has 0 rings (SSSR count). The Labute approximate surface area is 192 Å². The van der Waals surface area contributed by atoms with Gasteiger partial charge in [-0.05, 0) is 39.2 Å². The number of Topliss-reactive ketones (excluding diaryl/α,β-unsaturated/α-hetero) is 1. The molecule has 0 aliphatic heterocycles. The molecule has 0 aromatic rings. The summed E-state index contributed by atoms with van der Waals surface area (Å²) < 4.78 is 24.8. The molecule has 0 heterocycles. The molecule has 0 spiro atoms. The number of halogens is 2. The van der Waals surface area contributed by atoms with Gasteiger partial charge in [0.1, 0.15) is 6.29 Å². The number of nitrogens with two attached hydrogens (primary N) is 1. The number of nitrogens with one attached hydrogen (secondary N) is 2. The van der Waals surface area contributed by atoms with E-state index in [1.807, 2.05) is 20.8 Å². The van der Waals surface area contributed by atoms with Gasteiger partial charge in [0.25, 0.3) is 5.91 Å². The van der Waals surface area contributed by atoms with Gasteiger partial charge >= 0.3 is 0 Å². The van der Waals surface area contributed by atoms with Crippen molar-refractivity contribution in [3.8, 4) is 0 Å². The second kappa shape index (κ2) is 22.3. The maximum absolute atomic E-state index is 12.4. The minimum Gasteiger partial charge on any atom is -0.363 e. The Hall–Kier alpha value is -1.90. The van der Waals surface area contributed by atoms with Crippen molar-refractivity contribution in [2.45, 2.75) is 105 Å². The van der Waals surface area contributed by atoms with Gasteiger partial charge in [0, 0.05) is 12.3 Å². The predicted octanol–water partition coefficient (Wildman–Crippen LogP) is 3.63. The molecule has 0 aromatic heterocycles. The summed E-state index contributed by atoms with van der Waals surface area (Å²) in [7, 11) is 1.75. The number of amides is 2. The third-order valence-electron chi connectivity index (χ3n) is 4.96.